The van der Waals surface area contributed by atoms with Crippen LogP contribution in [0.15, 0.2) is 66.7 Å². The molecule has 0 spiro atoms. The number of ether oxygens (including phenoxy) is 1. The van der Waals surface area contributed by atoms with E-state index < -0.39 is 41.3 Å². The van der Waals surface area contributed by atoms with Crippen molar-refractivity contribution in [2.75, 3.05) is 12.4 Å². The average molecular weight is 455 g/mol. The van der Waals surface area contributed by atoms with Crippen LogP contribution >= 0.6 is 0 Å². The zero-order chi connectivity index (χ0) is 23.9. The van der Waals surface area contributed by atoms with Crippen LogP contribution in [0.4, 0.5) is 32.0 Å². The summed E-state index contributed by atoms with van der Waals surface area (Å²) < 4.78 is 81.0. The fourth-order valence-electron chi connectivity index (χ4n) is 2.51. The number of aryl methyl sites for hydroxylation is 1. The van der Waals surface area contributed by atoms with Gasteiger partial charge in [-0.15, -0.1) is 0 Å². The zero-order valence-corrected chi connectivity index (χ0v) is 17.0. The van der Waals surface area contributed by atoms with Crippen molar-refractivity contribution in [3.8, 4) is 5.75 Å². The molecule has 0 aliphatic rings. The van der Waals surface area contributed by atoms with E-state index >= 15 is 0 Å². The van der Waals surface area contributed by atoms with E-state index in [4.69, 9.17) is 0 Å². The summed E-state index contributed by atoms with van der Waals surface area (Å²) in [6.45, 7) is 2.08. The molecule has 0 unspecified atom stereocenters. The number of rotatable bonds is 6. The molecule has 0 aromatic heterocycles. The number of hydrogen-bond acceptors (Lipinski definition) is 3. The monoisotopic (exact) mass is 455 g/mol. The zero-order valence-electron chi connectivity index (χ0n) is 17.0. The van der Waals surface area contributed by atoms with Crippen molar-refractivity contribution in [2.24, 2.45) is 0 Å². The van der Waals surface area contributed by atoms with Crippen molar-refractivity contribution in [3.05, 3.63) is 95.1 Å². The molecule has 9 heteroatoms. The fourth-order valence-corrected chi connectivity index (χ4v) is 2.51. The average Bonchev–Trinajstić information content (AvgIpc) is 2.73. The number of alkyl halides is 4. The van der Waals surface area contributed by atoms with Crippen molar-refractivity contribution < 1.29 is 35.9 Å². The lowest BCUT2D eigenvalue weighted by Crippen LogP contribution is -2.33. The molecule has 3 rings (SSSR count). The molecular formula is C23H19F6NO2. The van der Waals surface area contributed by atoms with Crippen molar-refractivity contribution in [1.82, 2.24) is 0 Å². The Morgan fingerprint density at radius 3 is 2.12 bits per heavy atom. The maximum atomic E-state index is 13.6. The molecule has 0 fully saturated rings. The molecule has 1 N–H and O–H groups in total. The lowest BCUT2D eigenvalue weighted by Gasteiger charge is -2.17. The highest BCUT2D eigenvalue weighted by Crippen LogP contribution is 2.29. The van der Waals surface area contributed by atoms with Gasteiger partial charge in [-0.05, 0) is 37.3 Å². The minimum absolute atomic E-state index is 0.0111. The Kier molecular flexibility index (Phi) is 8.28. The molecule has 0 aliphatic heterocycles. The molecule has 0 atom stereocenters. The van der Waals surface area contributed by atoms with Gasteiger partial charge in [0.15, 0.2) is 5.78 Å². The molecule has 0 amide bonds. The van der Waals surface area contributed by atoms with Gasteiger partial charge in [-0.2, -0.15) is 17.6 Å². The van der Waals surface area contributed by atoms with E-state index in [2.05, 4.69) is 29.1 Å². The van der Waals surface area contributed by atoms with Gasteiger partial charge >= 0.3 is 12.5 Å². The van der Waals surface area contributed by atoms with Gasteiger partial charge in [-0.1, -0.05) is 35.9 Å². The van der Waals surface area contributed by atoms with Gasteiger partial charge in [0, 0.05) is 24.2 Å². The molecule has 0 saturated carbocycles. The summed E-state index contributed by atoms with van der Waals surface area (Å²) in [7, 11) is 1.41. The Morgan fingerprint density at radius 2 is 1.59 bits per heavy atom. The maximum Gasteiger partial charge on any atom is 0.461 e. The molecule has 0 saturated heterocycles. The van der Waals surface area contributed by atoms with Crippen molar-refractivity contribution >= 4 is 11.5 Å². The van der Waals surface area contributed by atoms with Crippen molar-refractivity contribution in [3.63, 3.8) is 0 Å². The van der Waals surface area contributed by atoms with Crippen molar-refractivity contribution in [1.29, 1.82) is 0 Å². The van der Waals surface area contributed by atoms with E-state index in [0.717, 1.165) is 24.3 Å². The van der Waals surface area contributed by atoms with Crippen molar-refractivity contribution in [2.45, 2.75) is 19.5 Å². The minimum Gasteiger partial charge on any atom is -0.428 e. The second-order valence-corrected chi connectivity index (χ2v) is 6.57. The predicted octanol–water partition coefficient (Wildman–Crippen LogP) is 6.47. The highest BCUT2D eigenvalue weighted by molar-refractivity contribution is 6.09. The summed E-state index contributed by atoms with van der Waals surface area (Å²) in [5.74, 6) is -3.55. The number of halogens is 6. The Labute approximate surface area is 180 Å². The van der Waals surface area contributed by atoms with Gasteiger partial charge in [0.2, 0.25) is 0 Å². The van der Waals surface area contributed by atoms with Crippen LogP contribution in [0.3, 0.4) is 0 Å². The molecule has 32 heavy (non-hydrogen) atoms. The Morgan fingerprint density at radius 1 is 0.938 bits per heavy atom. The summed E-state index contributed by atoms with van der Waals surface area (Å²) in [6, 6.07) is 15.4. The summed E-state index contributed by atoms with van der Waals surface area (Å²) in [6.07, 6.45) is -8.98. The van der Waals surface area contributed by atoms with E-state index in [1.807, 2.05) is 18.2 Å². The standard InChI is InChI=1S/C16H11F6NO2.C7H8/c1-23-13-6-8(2-3-12(13)18)14(24)9-4-10(17)7-11(5-9)25-16(21,22)15(19)20;1-7-5-3-2-4-6-7/h2-7,15,23H,1H3;2-6H,1H3. The first kappa shape index (κ1) is 24.8. The predicted molar refractivity (Wildman–Crippen MR) is 109 cm³/mol. The summed E-state index contributed by atoms with van der Waals surface area (Å²) in [4.78, 5) is 12.3. The van der Waals surface area contributed by atoms with Crippen LogP contribution < -0.4 is 10.1 Å². The second kappa shape index (κ2) is 10.7. The summed E-state index contributed by atoms with van der Waals surface area (Å²) in [5.41, 5.74) is 0.821. The summed E-state index contributed by atoms with van der Waals surface area (Å²) >= 11 is 0. The Balaban J connectivity index is 0.000000439. The lowest BCUT2D eigenvalue weighted by molar-refractivity contribution is -0.253. The summed E-state index contributed by atoms with van der Waals surface area (Å²) in [5, 5.41) is 2.50. The van der Waals surface area contributed by atoms with E-state index in [1.54, 1.807) is 0 Å². The van der Waals surface area contributed by atoms with Crippen LogP contribution in [-0.2, 0) is 0 Å². The van der Waals surface area contributed by atoms with Gasteiger partial charge in [0.1, 0.15) is 17.4 Å². The van der Waals surface area contributed by atoms with E-state index in [9.17, 15) is 31.1 Å². The van der Waals surface area contributed by atoms with Gasteiger partial charge in [-0.3, -0.25) is 4.79 Å². The number of nitrogens with one attached hydrogen (secondary N) is 1. The van der Waals surface area contributed by atoms with Crippen LogP contribution in [0.2, 0.25) is 0 Å². The highest BCUT2D eigenvalue weighted by atomic mass is 19.3. The smallest absolute Gasteiger partial charge is 0.428 e. The van der Waals surface area contributed by atoms with Crippen LogP contribution in [-0.4, -0.2) is 25.4 Å². The number of anilines is 1. The Hall–Kier alpha value is -3.49. The second-order valence-electron chi connectivity index (χ2n) is 6.57. The van der Waals surface area contributed by atoms with Crippen LogP contribution in [0.5, 0.6) is 5.75 Å². The van der Waals surface area contributed by atoms with Gasteiger partial charge < -0.3 is 10.1 Å². The molecular weight excluding hydrogens is 436 g/mol. The normalized spacial score (nSPS) is 10.9. The first-order valence-electron chi connectivity index (χ1n) is 9.22. The SMILES string of the molecule is CNc1cc(C(=O)c2cc(F)cc(OC(F)(F)C(F)F)c2)ccc1F.Cc1ccccc1. The fraction of sp³-hybridized carbons (Fsp3) is 0.174. The molecule has 3 aromatic rings. The third-order valence-corrected chi connectivity index (χ3v) is 4.08. The van der Waals surface area contributed by atoms with Crippen LogP contribution in [0, 0.1) is 18.6 Å². The molecule has 3 nitrogen and oxygen atoms in total. The Bertz CT molecular complexity index is 1060. The molecule has 170 valence electrons. The van der Waals surface area contributed by atoms with E-state index in [0.29, 0.717) is 12.1 Å². The van der Waals surface area contributed by atoms with Gasteiger partial charge in [-0.25, -0.2) is 8.78 Å². The largest absolute Gasteiger partial charge is 0.461 e. The quantitative estimate of drug-likeness (QED) is 0.342. The number of carbonyl (C=O) groups excluding carboxylic acids is 1. The maximum absolute atomic E-state index is 13.6. The van der Waals surface area contributed by atoms with E-state index in [-0.39, 0.29) is 11.3 Å². The van der Waals surface area contributed by atoms with E-state index in [1.165, 1.54) is 12.6 Å². The third kappa shape index (κ3) is 6.76. The minimum atomic E-state index is -4.84. The number of ketones is 1. The third-order valence-electron chi connectivity index (χ3n) is 4.08. The molecule has 0 aliphatic carbocycles. The number of hydrogen-bond donors (Lipinski definition) is 1. The molecule has 0 radical (unpaired) electrons. The molecule has 3 aromatic carbocycles. The van der Waals surface area contributed by atoms with Gasteiger partial charge in [0.05, 0.1) is 5.69 Å². The highest BCUT2D eigenvalue weighted by Gasteiger charge is 2.44. The van der Waals surface area contributed by atoms with Crippen LogP contribution in [0.25, 0.3) is 0 Å². The lowest BCUT2D eigenvalue weighted by atomic mass is 10.0. The number of benzene rings is 3. The topological polar surface area (TPSA) is 38.3 Å². The number of carbonyl (C=O) groups is 1. The first-order chi connectivity index (χ1) is 15.0. The first-order valence-corrected chi connectivity index (χ1v) is 9.22. The molecule has 0 bridgehead atoms. The molecule has 0 heterocycles. The van der Waals surface area contributed by atoms with Crippen LogP contribution in [0.1, 0.15) is 21.5 Å². The van der Waals surface area contributed by atoms with Gasteiger partial charge in [0.25, 0.3) is 0 Å².